The van der Waals surface area contributed by atoms with Crippen LogP contribution in [0.3, 0.4) is 0 Å². The lowest BCUT2D eigenvalue weighted by molar-refractivity contribution is -0.195. The van der Waals surface area contributed by atoms with E-state index in [0.29, 0.717) is 23.5 Å². The van der Waals surface area contributed by atoms with Gasteiger partial charge in [0.05, 0.1) is 6.10 Å². The highest BCUT2D eigenvalue weighted by atomic mass is 16.7. The second-order valence-corrected chi connectivity index (χ2v) is 12.6. The third-order valence-corrected chi connectivity index (χ3v) is 11.1. The first-order valence-electron chi connectivity index (χ1n) is 14.0. The van der Waals surface area contributed by atoms with Crippen LogP contribution in [0.25, 0.3) is 0 Å². The van der Waals surface area contributed by atoms with E-state index in [2.05, 4.69) is 26.8 Å². The molecule has 182 valence electrons. The Hall–Kier alpha value is -0.380. The second-order valence-electron chi connectivity index (χ2n) is 12.6. The first-order chi connectivity index (χ1) is 15.5. The molecule has 5 rings (SSSR count). The van der Waals surface area contributed by atoms with Gasteiger partial charge in [0.15, 0.2) is 6.29 Å². The van der Waals surface area contributed by atoms with Crippen molar-refractivity contribution in [1.29, 1.82) is 0 Å². The van der Waals surface area contributed by atoms with Gasteiger partial charge in [-0.15, -0.1) is 0 Å². The number of hydrogen-bond acceptors (Lipinski definition) is 3. The molecule has 0 bridgehead atoms. The predicted molar refractivity (Wildman–Crippen MR) is 129 cm³/mol. The first kappa shape index (κ1) is 23.4. The van der Waals surface area contributed by atoms with Crippen molar-refractivity contribution in [1.82, 2.24) is 0 Å². The number of fused-ring (bicyclic) bond motifs is 5. The Labute approximate surface area is 196 Å². The smallest absolute Gasteiger partial charge is 0.157 e. The molecular weight excluding hydrogens is 396 g/mol. The average Bonchev–Trinajstić information content (AvgIpc) is 3.16. The summed E-state index contributed by atoms with van der Waals surface area (Å²) in [6.45, 7) is 8.96. The third kappa shape index (κ3) is 4.03. The molecule has 0 aromatic heterocycles. The Kier molecular flexibility index (Phi) is 6.82. The zero-order valence-electron chi connectivity index (χ0n) is 21.0. The lowest BCUT2D eigenvalue weighted by Crippen LogP contribution is -2.51. The van der Waals surface area contributed by atoms with E-state index in [4.69, 9.17) is 9.47 Å². The fourth-order valence-corrected chi connectivity index (χ4v) is 9.37. The molecule has 0 aromatic rings. The Bertz CT molecular complexity index is 682. The molecule has 32 heavy (non-hydrogen) atoms. The molecule has 3 heteroatoms. The summed E-state index contributed by atoms with van der Waals surface area (Å²) in [6.07, 6.45) is 19.4. The fourth-order valence-electron chi connectivity index (χ4n) is 9.37. The van der Waals surface area contributed by atoms with Gasteiger partial charge in [-0.05, 0) is 124 Å². The molecule has 4 aliphatic carbocycles. The fraction of sp³-hybridized carbons (Fsp3) is 0.931. The molecule has 3 nitrogen and oxygen atoms in total. The van der Waals surface area contributed by atoms with Gasteiger partial charge in [0.25, 0.3) is 0 Å². The van der Waals surface area contributed by atoms with Crippen molar-refractivity contribution in [3.63, 3.8) is 0 Å². The zero-order valence-corrected chi connectivity index (χ0v) is 21.0. The van der Waals surface area contributed by atoms with Crippen molar-refractivity contribution >= 4 is 0 Å². The molecule has 5 aliphatic rings. The third-order valence-electron chi connectivity index (χ3n) is 11.1. The van der Waals surface area contributed by atoms with Gasteiger partial charge in [0.1, 0.15) is 0 Å². The normalized spacial score (nSPS) is 47.2. The lowest BCUT2D eigenvalue weighted by Gasteiger charge is -2.58. The van der Waals surface area contributed by atoms with Crippen LogP contribution in [0.2, 0.25) is 0 Å². The summed E-state index contributed by atoms with van der Waals surface area (Å²) in [4.78, 5) is 0. The van der Waals surface area contributed by atoms with Gasteiger partial charge in [-0.2, -0.15) is 0 Å². The molecule has 3 saturated carbocycles. The zero-order chi connectivity index (χ0) is 22.3. The van der Waals surface area contributed by atoms with Gasteiger partial charge in [-0.1, -0.05) is 32.4 Å². The molecule has 1 N–H and O–H groups in total. The summed E-state index contributed by atoms with van der Waals surface area (Å²) in [5, 5.41) is 9.34. The van der Waals surface area contributed by atoms with Crippen LogP contribution in [0.15, 0.2) is 11.6 Å². The van der Waals surface area contributed by atoms with E-state index in [0.717, 1.165) is 55.5 Å². The van der Waals surface area contributed by atoms with Crippen LogP contribution in [-0.2, 0) is 9.47 Å². The van der Waals surface area contributed by atoms with E-state index in [1.165, 1.54) is 64.2 Å². The second kappa shape index (κ2) is 9.34. The Balaban J connectivity index is 1.28. The molecule has 4 fully saturated rings. The minimum atomic E-state index is 0.0497. The summed E-state index contributed by atoms with van der Waals surface area (Å²) in [5.41, 5.74) is 2.65. The van der Waals surface area contributed by atoms with Crippen LogP contribution in [-0.4, -0.2) is 30.7 Å². The van der Waals surface area contributed by atoms with E-state index in [1.54, 1.807) is 5.57 Å². The minimum Gasteiger partial charge on any atom is -0.396 e. The summed E-state index contributed by atoms with van der Waals surface area (Å²) >= 11 is 0. The Morgan fingerprint density at radius 2 is 1.97 bits per heavy atom. The number of allylic oxidation sites excluding steroid dienone is 1. The van der Waals surface area contributed by atoms with E-state index < -0.39 is 0 Å². The number of aliphatic hydroxyl groups excluding tert-OH is 1. The van der Waals surface area contributed by atoms with E-state index in [1.807, 2.05) is 0 Å². The Morgan fingerprint density at radius 3 is 2.75 bits per heavy atom. The molecule has 0 aromatic carbocycles. The lowest BCUT2D eigenvalue weighted by atomic mass is 9.47. The molecule has 1 aliphatic heterocycles. The van der Waals surface area contributed by atoms with Crippen LogP contribution in [0.1, 0.15) is 104 Å². The largest absolute Gasteiger partial charge is 0.396 e. The quantitative estimate of drug-likeness (QED) is 0.454. The van der Waals surface area contributed by atoms with Crippen molar-refractivity contribution in [3.05, 3.63) is 11.6 Å². The molecule has 0 amide bonds. The summed E-state index contributed by atoms with van der Waals surface area (Å²) in [7, 11) is 0. The Morgan fingerprint density at radius 1 is 1.09 bits per heavy atom. The maximum Gasteiger partial charge on any atom is 0.157 e. The van der Waals surface area contributed by atoms with Crippen molar-refractivity contribution in [2.45, 2.75) is 117 Å². The number of hydrogen-bond donors (Lipinski definition) is 1. The van der Waals surface area contributed by atoms with E-state index in [-0.39, 0.29) is 6.29 Å². The molecule has 9 atom stereocenters. The number of aliphatic hydroxyl groups is 1. The average molecular weight is 445 g/mol. The van der Waals surface area contributed by atoms with Crippen molar-refractivity contribution < 1.29 is 14.6 Å². The SMILES string of the molecule is C[C@H](CCCO)[C@H]1CC[C@H]2[C@@H]3CC=C4CC(OC5CCCCO5)CC[C@]4(C)[C@H]3CC[C@]12C. The maximum atomic E-state index is 9.34. The molecule has 0 spiro atoms. The standard InChI is InChI=1S/C29H48O3/c1-20(7-6-17-30)24-11-12-25-23-10-9-21-19-22(32-27-8-4-5-18-31-27)13-15-28(21,2)26(23)14-16-29(24,25)3/h9,20,22-27,30H,4-8,10-19H2,1-3H3/t20-,22?,23+,24-,25+,26+,27?,28+,29-/m1/s1. The van der Waals surface area contributed by atoms with Crippen LogP contribution >= 0.6 is 0 Å². The molecule has 1 heterocycles. The van der Waals surface area contributed by atoms with Gasteiger partial charge >= 0.3 is 0 Å². The first-order valence-corrected chi connectivity index (χ1v) is 14.0. The summed E-state index contributed by atoms with van der Waals surface area (Å²) in [6, 6.07) is 0. The highest BCUT2D eigenvalue weighted by molar-refractivity contribution is 5.25. The van der Waals surface area contributed by atoms with Gasteiger partial charge < -0.3 is 14.6 Å². The van der Waals surface area contributed by atoms with Gasteiger partial charge in [0, 0.05) is 13.2 Å². The van der Waals surface area contributed by atoms with Gasteiger partial charge in [0.2, 0.25) is 0 Å². The number of rotatable bonds is 6. The van der Waals surface area contributed by atoms with Crippen molar-refractivity contribution in [3.8, 4) is 0 Å². The van der Waals surface area contributed by atoms with Crippen LogP contribution in [0.5, 0.6) is 0 Å². The van der Waals surface area contributed by atoms with Gasteiger partial charge in [-0.25, -0.2) is 0 Å². The highest BCUT2D eigenvalue weighted by Crippen LogP contribution is 2.67. The molecule has 0 radical (unpaired) electrons. The molecule has 2 unspecified atom stereocenters. The van der Waals surface area contributed by atoms with E-state index in [9.17, 15) is 5.11 Å². The summed E-state index contributed by atoms with van der Waals surface area (Å²) in [5.74, 6) is 4.28. The van der Waals surface area contributed by atoms with E-state index >= 15 is 0 Å². The maximum absolute atomic E-state index is 9.34. The highest BCUT2D eigenvalue weighted by Gasteiger charge is 2.59. The van der Waals surface area contributed by atoms with Crippen molar-refractivity contribution in [2.24, 2.45) is 40.4 Å². The van der Waals surface area contributed by atoms with Crippen LogP contribution in [0, 0.1) is 40.4 Å². The minimum absolute atomic E-state index is 0.0497. The molecular formula is C29H48O3. The predicted octanol–water partition coefficient (Wildman–Crippen LogP) is 6.89. The van der Waals surface area contributed by atoms with Gasteiger partial charge in [-0.3, -0.25) is 0 Å². The van der Waals surface area contributed by atoms with Crippen LogP contribution in [0.4, 0.5) is 0 Å². The van der Waals surface area contributed by atoms with Crippen molar-refractivity contribution in [2.75, 3.05) is 13.2 Å². The summed E-state index contributed by atoms with van der Waals surface area (Å²) < 4.78 is 12.3. The number of ether oxygens (including phenoxy) is 2. The topological polar surface area (TPSA) is 38.7 Å². The van der Waals surface area contributed by atoms with Crippen LogP contribution < -0.4 is 0 Å². The molecule has 1 saturated heterocycles. The monoisotopic (exact) mass is 444 g/mol.